The number of aryl methyl sites for hydroxylation is 1. The third-order valence-electron chi connectivity index (χ3n) is 3.72. The van der Waals surface area contributed by atoms with Crippen molar-refractivity contribution in [1.82, 2.24) is 10.1 Å². The van der Waals surface area contributed by atoms with Crippen molar-refractivity contribution < 1.29 is 9.26 Å². The van der Waals surface area contributed by atoms with Crippen LogP contribution in [0.15, 0.2) is 22.7 Å². The molecule has 2 heterocycles. The fraction of sp³-hybridized carbons (Fsp3) is 0.333. The molecule has 2 aromatic heterocycles. The number of aromatic nitrogens is 2. The molecule has 1 aliphatic carbocycles. The lowest BCUT2D eigenvalue weighted by molar-refractivity contribution is 0.380. The van der Waals surface area contributed by atoms with E-state index >= 15 is 0 Å². The SMILES string of the molecule is COc1ccc2c(C)c(-c3noc(C4CC4)n3)sc2c1. The average Bonchev–Trinajstić information content (AvgIpc) is 3.12. The number of nitrogens with zero attached hydrogens (tertiary/aromatic N) is 2. The van der Waals surface area contributed by atoms with Gasteiger partial charge in [-0.05, 0) is 48.9 Å². The highest BCUT2D eigenvalue weighted by Gasteiger charge is 2.30. The van der Waals surface area contributed by atoms with Gasteiger partial charge in [0, 0.05) is 10.6 Å². The summed E-state index contributed by atoms with van der Waals surface area (Å²) in [4.78, 5) is 5.63. The first-order valence-electron chi connectivity index (χ1n) is 6.67. The van der Waals surface area contributed by atoms with Crippen LogP contribution >= 0.6 is 11.3 Å². The van der Waals surface area contributed by atoms with E-state index in [1.165, 1.54) is 28.5 Å². The van der Waals surface area contributed by atoms with Crippen LogP contribution in [-0.4, -0.2) is 17.3 Å². The number of thiophene rings is 1. The summed E-state index contributed by atoms with van der Waals surface area (Å²) < 4.78 is 11.8. The molecule has 0 saturated heterocycles. The molecule has 0 unspecified atom stereocenters. The zero-order valence-electron chi connectivity index (χ0n) is 11.3. The predicted octanol–water partition coefficient (Wildman–Crippen LogP) is 4.15. The fourth-order valence-electron chi connectivity index (χ4n) is 2.37. The summed E-state index contributed by atoms with van der Waals surface area (Å²) in [5.74, 6) is 2.86. The van der Waals surface area contributed by atoms with E-state index in [2.05, 4.69) is 29.2 Å². The van der Waals surface area contributed by atoms with Crippen LogP contribution in [0.3, 0.4) is 0 Å². The Hall–Kier alpha value is -1.88. The number of fused-ring (bicyclic) bond motifs is 1. The van der Waals surface area contributed by atoms with Crippen LogP contribution in [0.5, 0.6) is 5.75 Å². The monoisotopic (exact) mass is 286 g/mol. The average molecular weight is 286 g/mol. The minimum Gasteiger partial charge on any atom is -0.497 e. The Morgan fingerprint density at radius 2 is 2.20 bits per heavy atom. The summed E-state index contributed by atoms with van der Waals surface area (Å²) in [6.07, 6.45) is 2.34. The van der Waals surface area contributed by atoms with Gasteiger partial charge in [0.15, 0.2) is 0 Å². The molecule has 1 saturated carbocycles. The molecule has 0 amide bonds. The maximum atomic E-state index is 5.36. The van der Waals surface area contributed by atoms with Gasteiger partial charge >= 0.3 is 0 Å². The van der Waals surface area contributed by atoms with Crippen molar-refractivity contribution in [2.75, 3.05) is 7.11 Å². The first kappa shape index (κ1) is 11.9. The number of benzene rings is 1. The summed E-state index contributed by atoms with van der Waals surface area (Å²) in [5, 5.41) is 5.36. The first-order chi connectivity index (χ1) is 9.76. The van der Waals surface area contributed by atoms with Gasteiger partial charge in [0.2, 0.25) is 11.7 Å². The molecule has 4 nitrogen and oxygen atoms in total. The largest absolute Gasteiger partial charge is 0.497 e. The lowest BCUT2D eigenvalue weighted by atomic mass is 10.1. The molecule has 0 spiro atoms. The number of ether oxygens (including phenoxy) is 1. The summed E-state index contributed by atoms with van der Waals surface area (Å²) in [6, 6.07) is 6.13. The molecule has 5 heteroatoms. The van der Waals surface area contributed by atoms with Gasteiger partial charge in [0.1, 0.15) is 5.75 Å². The Labute approximate surface area is 120 Å². The number of rotatable bonds is 3. The summed E-state index contributed by atoms with van der Waals surface area (Å²) in [5.41, 5.74) is 1.20. The van der Waals surface area contributed by atoms with E-state index in [1.807, 2.05) is 6.07 Å². The van der Waals surface area contributed by atoms with Crippen LogP contribution in [0.1, 0.15) is 30.2 Å². The second kappa shape index (κ2) is 4.31. The van der Waals surface area contributed by atoms with Crippen molar-refractivity contribution in [3.8, 4) is 16.5 Å². The van der Waals surface area contributed by atoms with E-state index in [0.29, 0.717) is 11.7 Å². The smallest absolute Gasteiger partial charge is 0.230 e. The van der Waals surface area contributed by atoms with Gasteiger partial charge in [0.25, 0.3) is 0 Å². The summed E-state index contributed by atoms with van der Waals surface area (Å²) >= 11 is 1.69. The Morgan fingerprint density at radius 1 is 1.35 bits per heavy atom. The van der Waals surface area contributed by atoms with Crippen LogP contribution in [-0.2, 0) is 0 Å². The molecule has 4 rings (SSSR count). The fourth-order valence-corrected chi connectivity index (χ4v) is 3.53. The Morgan fingerprint density at radius 3 is 2.95 bits per heavy atom. The maximum Gasteiger partial charge on any atom is 0.230 e. The van der Waals surface area contributed by atoms with Crippen molar-refractivity contribution in [2.24, 2.45) is 0 Å². The van der Waals surface area contributed by atoms with E-state index in [1.54, 1.807) is 18.4 Å². The molecule has 0 aliphatic heterocycles. The van der Waals surface area contributed by atoms with Crippen molar-refractivity contribution >= 4 is 21.4 Å². The molecule has 0 radical (unpaired) electrons. The molecule has 0 bridgehead atoms. The molecule has 0 N–H and O–H groups in total. The quantitative estimate of drug-likeness (QED) is 0.726. The molecule has 3 aromatic rings. The van der Waals surface area contributed by atoms with Crippen molar-refractivity contribution in [1.29, 1.82) is 0 Å². The summed E-state index contributed by atoms with van der Waals surface area (Å²) in [6.45, 7) is 2.10. The minimum atomic E-state index is 0.492. The molecular formula is C15H14N2O2S. The van der Waals surface area contributed by atoms with E-state index in [0.717, 1.165) is 16.5 Å². The lowest BCUT2D eigenvalue weighted by Crippen LogP contribution is -1.82. The van der Waals surface area contributed by atoms with Gasteiger partial charge in [0.05, 0.1) is 12.0 Å². The highest BCUT2D eigenvalue weighted by Crippen LogP contribution is 2.42. The van der Waals surface area contributed by atoms with E-state index < -0.39 is 0 Å². The first-order valence-corrected chi connectivity index (χ1v) is 7.49. The van der Waals surface area contributed by atoms with E-state index in [9.17, 15) is 0 Å². The lowest BCUT2D eigenvalue weighted by Gasteiger charge is -1.98. The maximum absolute atomic E-state index is 5.36. The van der Waals surface area contributed by atoms with Gasteiger partial charge in [-0.15, -0.1) is 11.3 Å². The second-order valence-corrected chi connectivity index (χ2v) is 6.20. The van der Waals surface area contributed by atoms with E-state index in [4.69, 9.17) is 9.26 Å². The molecule has 0 atom stereocenters. The molecule has 1 fully saturated rings. The van der Waals surface area contributed by atoms with Gasteiger partial charge in [-0.3, -0.25) is 0 Å². The van der Waals surface area contributed by atoms with Crippen molar-refractivity contribution in [3.63, 3.8) is 0 Å². The number of hydrogen-bond donors (Lipinski definition) is 0. The predicted molar refractivity (Wildman–Crippen MR) is 78.4 cm³/mol. The van der Waals surface area contributed by atoms with Crippen molar-refractivity contribution in [2.45, 2.75) is 25.7 Å². The molecule has 20 heavy (non-hydrogen) atoms. The van der Waals surface area contributed by atoms with Crippen LogP contribution in [0.4, 0.5) is 0 Å². The Kier molecular flexibility index (Phi) is 2.57. The molecule has 1 aromatic carbocycles. The summed E-state index contributed by atoms with van der Waals surface area (Å²) in [7, 11) is 1.68. The third kappa shape index (κ3) is 1.81. The van der Waals surface area contributed by atoms with Crippen LogP contribution in [0.25, 0.3) is 20.8 Å². The molecule has 1 aliphatic rings. The topological polar surface area (TPSA) is 48.2 Å². The Balaban J connectivity index is 1.83. The van der Waals surface area contributed by atoms with Gasteiger partial charge in [-0.2, -0.15) is 4.98 Å². The number of hydrogen-bond acceptors (Lipinski definition) is 5. The van der Waals surface area contributed by atoms with Gasteiger partial charge < -0.3 is 9.26 Å². The highest BCUT2D eigenvalue weighted by molar-refractivity contribution is 7.22. The number of methoxy groups -OCH3 is 1. The van der Waals surface area contributed by atoms with Crippen LogP contribution < -0.4 is 4.74 Å². The zero-order valence-corrected chi connectivity index (χ0v) is 12.2. The Bertz CT molecular complexity index is 786. The van der Waals surface area contributed by atoms with Crippen LogP contribution in [0, 0.1) is 6.92 Å². The van der Waals surface area contributed by atoms with Gasteiger partial charge in [-0.25, -0.2) is 0 Å². The second-order valence-electron chi connectivity index (χ2n) is 5.15. The minimum absolute atomic E-state index is 0.492. The van der Waals surface area contributed by atoms with E-state index in [-0.39, 0.29) is 0 Å². The third-order valence-corrected chi connectivity index (χ3v) is 4.97. The molecule has 102 valence electrons. The standard InChI is InChI=1S/C15H14N2O2S/c1-8-11-6-5-10(18-2)7-12(11)20-13(8)14-16-15(19-17-14)9-3-4-9/h5-7,9H,3-4H2,1-2H3. The normalized spacial score (nSPS) is 14.9. The van der Waals surface area contributed by atoms with Crippen molar-refractivity contribution in [3.05, 3.63) is 29.7 Å². The van der Waals surface area contributed by atoms with Crippen LogP contribution in [0.2, 0.25) is 0 Å². The zero-order chi connectivity index (χ0) is 13.7. The highest BCUT2D eigenvalue weighted by atomic mass is 32.1. The molecular weight excluding hydrogens is 272 g/mol. The van der Waals surface area contributed by atoms with Gasteiger partial charge in [-0.1, -0.05) is 5.16 Å².